The van der Waals surface area contributed by atoms with Crippen molar-refractivity contribution in [1.29, 1.82) is 0 Å². The number of methoxy groups -OCH3 is 1. The van der Waals surface area contributed by atoms with E-state index >= 15 is 0 Å². The third-order valence-electron chi connectivity index (χ3n) is 6.23. The molecule has 0 amide bonds. The van der Waals surface area contributed by atoms with Crippen LogP contribution in [0.2, 0.25) is 0 Å². The molecule has 26 heavy (non-hydrogen) atoms. The van der Waals surface area contributed by atoms with Gasteiger partial charge in [0.15, 0.2) is 0 Å². The number of nitrogens with zero attached hydrogens (tertiary/aromatic N) is 2. The van der Waals surface area contributed by atoms with Crippen molar-refractivity contribution in [2.75, 3.05) is 26.7 Å². The van der Waals surface area contributed by atoms with E-state index in [0.29, 0.717) is 12.0 Å². The lowest BCUT2D eigenvalue weighted by Gasteiger charge is -2.40. The lowest BCUT2D eigenvalue weighted by Crippen LogP contribution is -2.52. The summed E-state index contributed by atoms with van der Waals surface area (Å²) in [4.78, 5) is 19.4. The van der Waals surface area contributed by atoms with Gasteiger partial charge >= 0.3 is 5.97 Å². The fraction of sp³-hybridized carbons (Fsp3) is 0.714. The van der Waals surface area contributed by atoms with Crippen LogP contribution in [0.15, 0.2) is 24.4 Å². The average molecular weight is 360 g/mol. The van der Waals surface area contributed by atoms with Gasteiger partial charge in [0.25, 0.3) is 0 Å². The number of piperidine rings is 1. The van der Waals surface area contributed by atoms with E-state index in [4.69, 9.17) is 4.74 Å². The molecule has 2 aliphatic rings. The maximum atomic E-state index is 12.4. The number of hydrogen-bond donors (Lipinski definition) is 1. The molecule has 1 saturated carbocycles. The van der Waals surface area contributed by atoms with Crippen LogP contribution in [-0.2, 0) is 16.1 Å². The Balaban J connectivity index is 1.52. The number of likely N-dealkylation sites (tertiary alicyclic amines) is 1. The number of hydrogen-bond acceptors (Lipinski definition) is 5. The van der Waals surface area contributed by atoms with Crippen molar-refractivity contribution in [3.05, 3.63) is 30.1 Å². The highest BCUT2D eigenvalue weighted by Gasteiger charge is 2.41. The van der Waals surface area contributed by atoms with E-state index in [1.807, 2.05) is 12.3 Å². The Hall–Kier alpha value is -1.46. The summed E-state index contributed by atoms with van der Waals surface area (Å²) >= 11 is 0. The molecule has 2 heterocycles. The van der Waals surface area contributed by atoms with Gasteiger partial charge in [0.1, 0.15) is 0 Å². The Morgan fingerprint density at radius 2 is 2.15 bits per heavy atom. The van der Waals surface area contributed by atoms with Crippen molar-refractivity contribution in [2.45, 2.75) is 58.0 Å². The molecule has 1 aromatic rings. The zero-order valence-electron chi connectivity index (χ0n) is 16.2. The quantitative estimate of drug-likeness (QED) is 0.792. The highest BCUT2D eigenvalue weighted by atomic mass is 16.5. The predicted molar refractivity (Wildman–Crippen MR) is 103 cm³/mol. The first-order valence-electron chi connectivity index (χ1n) is 10.1. The summed E-state index contributed by atoms with van der Waals surface area (Å²) in [6.45, 7) is 6.14. The molecule has 1 aliphatic carbocycles. The lowest BCUT2D eigenvalue weighted by molar-refractivity contribution is -0.154. The van der Waals surface area contributed by atoms with Crippen molar-refractivity contribution in [3.63, 3.8) is 0 Å². The van der Waals surface area contributed by atoms with E-state index in [0.717, 1.165) is 64.0 Å². The summed E-state index contributed by atoms with van der Waals surface area (Å²) in [5.74, 6) is 0.538. The normalized spacial score (nSPS) is 26.4. The van der Waals surface area contributed by atoms with Gasteiger partial charge in [0.05, 0.1) is 18.2 Å². The molecular weight excluding hydrogens is 326 g/mol. The molecular formula is C21H33N3O2. The summed E-state index contributed by atoms with van der Waals surface area (Å²) in [6, 6.07) is 6.58. The topological polar surface area (TPSA) is 54.5 Å². The third kappa shape index (κ3) is 4.63. The molecule has 0 bridgehead atoms. The monoisotopic (exact) mass is 359 g/mol. The molecule has 1 aromatic heterocycles. The van der Waals surface area contributed by atoms with Gasteiger partial charge in [-0.15, -0.1) is 0 Å². The van der Waals surface area contributed by atoms with Crippen LogP contribution >= 0.6 is 0 Å². The van der Waals surface area contributed by atoms with Crippen molar-refractivity contribution in [1.82, 2.24) is 15.2 Å². The summed E-state index contributed by atoms with van der Waals surface area (Å²) in [5.41, 5.74) is 0.829. The average Bonchev–Trinajstić information content (AvgIpc) is 2.68. The van der Waals surface area contributed by atoms with E-state index < -0.39 is 0 Å². The third-order valence-corrected chi connectivity index (χ3v) is 6.23. The largest absolute Gasteiger partial charge is 0.469 e. The zero-order valence-corrected chi connectivity index (χ0v) is 16.2. The van der Waals surface area contributed by atoms with Gasteiger partial charge in [-0.25, -0.2) is 0 Å². The molecule has 2 fully saturated rings. The number of nitrogens with one attached hydrogen (secondary N) is 1. The second-order valence-corrected chi connectivity index (χ2v) is 8.14. The molecule has 5 nitrogen and oxygen atoms in total. The van der Waals surface area contributed by atoms with Crippen LogP contribution in [-0.4, -0.2) is 48.6 Å². The Bertz CT molecular complexity index is 572. The van der Waals surface area contributed by atoms with Crippen LogP contribution in [0, 0.1) is 11.3 Å². The van der Waals surface area contributed by atoms with Crippen molar-refractivity contribution < 1.29 is 9.53 Å². The predicted octanol–water partition coefficient (Wildman–Crippen LogP) is 3.01. The van der Waals surface area contributed by atoms with Crippen LogP contribution in [0.25, 0.3) is 0 Å². The minimum Gasteiger partial charge on any atom is -0.469 e. The van der Waals surface area contributed by atoms with Crippen molar-refractivity contribution >= 4 is 5.97 Å². The maximum absolute atomic E-state index is 12.4. The van der Waals surface area contributed by atoms with Gasteiger partial charge in [0.2, 0.25) is 0 Å². The first-order chi connectivity index (χ1) is 12.6. The second kappa shape index (κ2) is 8.96. The molecule has 144 valence electrons. The smallest absolute Gasteiger partial charge is 0.313 e. The minimum absolute atomic E-state index is 0.0232. The molecule has 0 radical (unpaired) electrons. The number of rotatable bonds is 6. The van der Waals surface area contributed by atoms with E-state index in [9.17, 15) is 4.79 Å². The number of pyridine rings is 1. The van der Waals surface area contributed by atoms with Crippen LogP contribution in [0.3, 0.4) is 0 Å². The number of carbonyl (C=O) groups excluding carboxylic acids is 1. The highest BCUT2D eigenvalue weighted by molar-refractivity contribution is 5.77. The first-order valence-corrected chi connectivity index (χ1v) is 10.1. The van der Waals surface area contributed by atoms with Gasteiger partial charge in [-0.05, 0) is 37.3 Å². The molecule has 0 aromatic carbocycles. The molecule has 3 rings (SSSR count). The fourth-order valence-corrected chi connectivity index (χ4v) is 4.62. The molecule has 5 heteroatoms. The van der Waals surface area contributed by atoms with Crippen LogP contribution in [0.4, 0.5) is 0 Å². The number of aromatic nitrogens is 1. The summed E-state index contributed by atoms with van der Waals surface area (Å²) in [6.07, 6.45) is 8.40. The Labute approximate surface area is 157 Å². The van der Waals surface area contributed by atoms with Crippen LogP contribution in [0.5, 0.6) is 0 Å². The number of ether oxygens (including phenoxy) is 1. The van der Waals surface area contributed by atoms with Crippen LogP contribution in [0.1, 0.15) is 51.1 Å². The van der Waals surface area contributed by atoms with Crippen molar-refractivity contribution in [3.8, 4) is 0 Å². The summed E-state index contributed by atoms with van der Waals surface area (Å²) < 4.78 is 5.15. The Morgan fingerprint density at radius 1 is 1.35 bits per heavy atom. The lowest BCUT2D eigenvalue weighted by atomic mass is 9.73. The van der Waals surface area contributed by atoms with Gasteiger partial charge < -0.3 is 10.1 Å². The molecule has 1 saturated heterocycles. The van der Waals surface area contributed by atoms with Crippen molar-refractivity contribution in [2.24, 2.45) is 11.3 Å². The Morgan fingerprint density at radius 3 is 2.81 bits per heavy atom. The standard InChI is InChI=1S/C21H33N3O2/c1-17-14-24(15-18-8-4-7-12-22-18)13-9-19(17)23-16-21(20(25)26-2)10-5-3-6-11-21/h4,7-8,12,17,19,23H,3,5-6,9-11,13-16H2,1-2H3/t17-,19-/m0/s1. The van der Waals surface area contributed by atoms with E-state index in [1.165, 1.54) is 13.5 Å². The van der Waals surface area contributed by atoms with Gasteiger partial charge in [-0.3, -0.25) is 14.7 Å². The fourth-order valence-electron chi connectivity index (χ4n) is 4.62. The van der Waals surface area contributed by atoms with E-state index in [-0.39, 0.29) is 11.4 Å². The second-order valence-electron chi connectivity index (χ2n) is 8.14. The van der Waals surface area contributed by atoms with Gasteiger partial charge in [-0.2, -0.15) is 0 Å². The molecule has 0 spiro atoms. The van der Waals surface area contributed by atoms with E-state index in [1.54, 1.807) is 0 Å². The number of carbonyl (C=O) groups is 1. The maximum Gasteiger partial charge on any atom is 0.313 e. The molecule has 1 N–H and O–H groups in total. The summed E-state index contributed by atoms with van der Waals surface area (Å²) in [7, 11) is 1.53. The molecule has 1 aliphatic heterocycles. The molecule has 0 unspecified atom stereocenters. The van der Waals surface area contributed by atoms with Gasteiger partial charge in [0, 0.05) is 38.4 Å². The number of esters is 1. The minimum atomic E-state index is -0.308. The molecule has 2 atom stereocenters. The highest BCUT2D eigenvalue weighted by Crippen LogP contribution is 2.37. The summed E-state index contributed by atoms with van der Waals surface area (Å²) in [5, 5.41) is 3.74. The SMILES string of the molecule is COC(=O)C1(CN[C@H]2CCN(Cc3ccccn3)C[C@@H]2C)CCCCC1. The van der Waals surface area contributed by atoms with Crippen LogP contribution < -0.4 is 5.32 Å². The van der Waals surface area contributed by atoms with Gasteiger partial charge in [-0.1, -0.05) is 32.3 Å². The first kappa shape index (κ1) is 19.3. The Kier molecular flexibility index (Phi) is 6.65. The van der Waals surface area contributed by atoms with E-state index in [2.05, 4.69) is 34.3 Å². The zero-order chi connectivity index (χ0) is 18.4.